The molecule has 0 aliphatic heterocycles. The summed E-state index contributed by atoms with van der Waals surface area (Å²) < 4.78 is 0.00974. The van der Waals surface area contributed by atoms with E-state index in [0.717, 1.165) is 16.9 Å². The van der Waals surface area contributed by atoms with E-state index < -0.39 is 0 Å². The molecule has 0 saturated heterocycles. The molecule has 0 amide bonds. The van der Waals surface area contributed by atoms with Crippen molar-refractivity contribution in [2.24, 2.45) is 0 Å². The maximum absolute atomic E-state index is 12.0. The van der Waals surface area contributed by atoms with Crippen LogP contribution >= 0.6 is 22.9 Å². The van der Waals surface area contributed by atoms with E-state index in [2.05, 4.69) is 4.98 Å². The molecule has 0 N–H and O–H groups in total. The second-order valence-corrected chi connectivity index (χ2v) is 5.17. The van der Waals surface area contributed by atoms with Crippen molar-refractivity contribution in [3.63, 3.8) is 0 Å². The number of benzene rings is 2. The van der Waals surface area contributed by atoms with Crippen molar-refractivity contribution >= 4 is 33.8 Å². The topological polar surface area (TPSA) is 30.0 Å². The fourth-order valence-electron chi connectivity index (χ4n) is 1.77. The average Bonchev–Trinajstić information content (AvgIpc) is 2.39. The first-order chi connectivity index (χ1) is 8.75. The zero-order chi connectivity index (χ0) is 12.5. The van der Waals surface area contributed by atoms with Crippen molar-refractivity contribution in [3.8, 4) is 10.6 Å². The minimum Gasteiger partial charge on any atom is -0.277 e. The van der Waals surface area contributed by atoms with Crippen LogP contribution in [0.1, 0.15) is 0 Å². The van der Waals surface area contributed by atoms with Crippen LogP contribution in [0.25, 0.3) is 21.5 Å². The summed E-state index contributed by atoms with van der Waals surface area (Å²) in [5.41, 5.74) is 1.50. The molecule has 0 bridgehead atoms. The van der Waals surface area contributed by atoms with Crippen LogP contribution in [0.5, 0.6) is 0 Å². The standard InChI is InChI=1S/C14H8ClNOS/c15-11-7-3-1-5-9(11)13-16-12-8-4-2-6-10(12)14(17)18-13/h1-8H. The van der Waals surface area contributed by atoms with E-state index in [4.69, 9.17) is 11.6 Å². The smallest absolute Gasteiger partial charge is 0.243 e. The van der Waals surface area contributed by atoms with Gasteiger partial charge in [0.15, 0.2) is 0 Å². The lowest BCUT2D eigenvalue weighted by Crippen LogP contribution is -1.98. The van der Waals surface area contributed by atoms with E-state index in [-0.39, 0.29) is 4.74 Å². The highest BCUT2D eigenvalue weighted by Crippen LogP contribution is 2.28. The van der Waals surface area contributed by atoms with Gasteiger partial charge in [0.2, 0.25) is 4.74 Å². The van der Waals surface area contributed by atoms with Gasteiger partial charge in [0.1, 0.15) is 5.01 Å². The Bertz CT molecular complexity index is 782. The molecule has 0 radical (unpaired) electrons. The number of hydrogen-bond donors (Lipinski definition) is 0. The zero-order valence-corrected chi connectivity index (χ0v) is 10.8. The van der Waals surface area contributed by atoms with Crippen molar-refractivity contribution in [2.45, 2.75) is 0 Å². The second kappa shape index (κ2) is 4.52. The molecule has 0 atom stereocenters. The number of halogens is 1. The molecule has 1 aromatic heterocycles. The van der Waals surface area contributed by atoms with Crippen molar-refractivity contribution < 1.29 is 0 Å². The molecule has 1 heterocycles. The third-order valence-electron chi connectivity index (χ3n) is 2.64. The van der Waals surface area contributed by atoms with Crippen LogP contribution in [-0.2, 0) is 0 Å². The largest absolute Gasteiger partial charge is 0.277 e. The van der Waals surface area contributed by atoms with E-state index in [9.17, 15) is 4.79 Å². The van der Waals surface area contributed by atoms with Crippen molar-refractivity contribution in [3.05, 3.63) is 63.1 Å². The summed E-state index contributed by atoms with van der Waals surface area (Å²) in [5, 5.41) is 1.92. The third-order valence-corrected chi connectivity index (χ3v) is 3.88. The molecule has 4 heteroatoms. The molecule has 2 nitrogen and oxygen atoms in total. The number of fused-ring (bicyclic) bond motifs is 1. The number of rotatable bonds is 1. The van der Waals surface area contributed by atoms with Crippen LogP contribution in [0, 0.1) is 0 Å². The fourth-order valence-corrected chi connectivity index (χ4v) is 2.94. The number of hydrogen-bond acceptors (Lipinski definition) is 3. The van der Waals surface area contributed by atoms with Gasteiger partial charge in [-0.2, -0.15) is 0 Å². The first kappa shape index (κ1) is 11.4. The molecule has 0 saturated carbocycles. The van der Waals surface area contributed by atoms with E-state index in [0.29, 0.717) is 20.9 Å². The van der Waals surface area contributed by atoms with Crippen LogP contribution in [0.15, 0.2) is 53.3 Å². The highest BCUT2D eigenvalue weighted by molar-refractivity contribution is 7.13. The molecule has 88 valence electrons. The lowest BCUT2D eigenvalue weighted by atomic mass is 10.2. The van der Waals surface area contributed by atoms with Gasteiger partial charge >= 0.3 is 0 Å². The molecule has 0 unspecified atom stereocenters. The highest BCUT2D eigenvalue weighted by atomic mass is 35.5. The Balaban J connectivity index is 2.32. The Hall–Kier alpha value is -1.71. The first-order valence-corrected chi connectivity index (χ1v) is 6.60. The van der Waals surface area contributed by atoms with Gasteiger partial charge in [0.05, 0.1) is 15.9 Å². The average molecular weight is 274 g/mol. The summed E-state index contributed by atoms with van der Waals surface area (Å²) >= 11 is 7.25. The zero-order valence-electron chi connectivity index (χ0n) is 9.26. The van der Waals surface area contributed by atoms with E-state index in [1.165, 1.54) is 0 Å². The molecule has 0 fully saturated rings. The predicted molar refractivity (Wildman–Crippen MR) is 76.3 cm³/mol. The van der Waals surface area contributed by atoms with E-state index in [1.807, 2.05) is 36.4 Å². The van der Waals surface area contributed by atoms with Crippen molar-refractivity contribution in [1.29, 1.82) is 0 Å². The predicted octanol–water partition coefficient (Wildman–Crippen LogP) is 3.98. The minimum atomic E-state index is 0.00974. The Kier molecular flexibility index (Phi) is 2.86. The van der Waals surface area contributed by atoms with E-state index >= 15 is 0 Å². The number of nitrogens with zero attached hydrogens (tertiary/aromatic N) is 1. The summed E-state index contributed by atoms with van der Waals surface area (Å²) in [7, 11) is 0. The molecule has 0 aliphatic rings. The van der Waals surface area contributed by atoms with Gasteiger partial charge in [0, 0.05) is 5.56 Å². The van der Waals surface area contributed by atoms with Crippen molar-refractivity contribution in [2.75, 3.05) is 0 Å². The normalized spacial score (nSPS) is 10.7. The van der Waals surface area contributed by atoms with E-state index in [1.54, 1.807) is 12.1 Å². The van der Waals surface area contributed by atoms with Crippen LogP contribution in [0.3, 0.4) is 0 Å². The van der Waals surface area contributed by atoms with Gasteiger partial charge in [-0.3, -0.25) is 4.79 Å². The van der Waals surface area contributed by atoms with Gasteiger partial charge in [-0.25, -0.2) is 4.98 Å². The molecule has 3 rings (SSSR count). The first-order valence-electron chi connectivity index (χ1n) is 5.40. The Labute approximate surface area is 113 Å². The Morgan fingerprint density at radius 3 is 2.56 bits per heavy atom. The summed E-state index contributed by atoms with van der Waals surface area (Å²) in [5.74, 6) is 0. The molecule has 0 spiro atoms. The number of para-hydroxylation sites is 1. The second-order valence-electron chi connectivity index (χ2n) is 3.80. The van der Waals surface area contributed by atoms with Gasteiger partial charge in [-0.1, -0.05) is 53.3 Å². The fraction of sp³-hybridized carbons (Fsp3) is 0. The van der Waals surface area contributed by atoms with Gasteiger partial charge in [-0.15, -0.1) is 0 Å². The highest BCUT2D eigenvalue weighted by Gasteiger charge is 2.08. The third kappa shape index (κ3) is 1.92. The van der Waals surface area contributed by atoms with Crippen LogP contribution in [0.4, 0.5) is 0 Å². The monoisotopic (exact) mass is 273 g/mol. The van der Waals surface area contributed by atoms with Gasteiger partial charge < -0.3 is 0 Å². The SMILES string of the molecule is O=c1sc(-c2ccccc2Cl)nc2ccccc12. The maximum atomic E-state index is 12.0. The van der Waals surface area contributed by atoms with Crippen LogP contribution in [-0.4, -0.2) is 4.98 Å². The summed E-state index contributed by atoms with van der Waals surface area (Å²) in [6.07, 6.45) is 0. The molecule has 3 aromatic rings. The number of aromatic nitrogens is 1. The van der Waals surface area contributed by atoms with Crippen molar-refractivity contribution in [1.82, 2.24) is 4.98 Å². The summed E-state index contributed by atoms with van der Waals surface area (Å²) in [6.45, 7) is 0. The summed E-state index contributed by atoms with van der Waals surface area (Å²) in [6, 6.07) is 14.7. The summed E-state index contributed by atoms with van der Waals surface area (Å²) in [4.78, 5) is 16.5. The van der Waals surface area contributed by atoms with Crippen LogP contribution < -0.4 is 4.74 Å². The molecule has 18 heavy (non-hydrogen) atoms. The quantitative estimate of drug-likeness (QED) is 0.671. The molecular weight excluding hydrogens is 266 g/mol. The van der Waals surface area contributed by atoms with Gasteiger partial charge in [-0.05, 0) is 18.2 Å². The molecule has 2 aromatic carbocycles. The molecular formula is C14H8ClNOS. The lowest BCUT2D eigenvalue weighted by molar-refractivity contribution is 1.45. The minimum absolute atomic E-state index is 0.00974. The van der Waals surface area contributed by atoms with Gasteiger partial charge in [0.25, 0.3) is 0 Å². The lowest BCUT2D eigenvalue weighted by Gasteiger charge is -2.03. The maximum Gasteiger partial charge on any atom is 0.243 e. The Morgan fingerprint density at radius 2 is 1.72 bits per heavy atom. The molecule has 0 aliphatic carbocycles. The Morgan fingerprint density at radius 1 is 1.00 bits per heavy atom. The van der Waals surface area contributed by atoms with Crippen LogP contribution in [0.2, 0.25) is 5.02 Å².